The minimum Gasteiger partial charge on any atom is -0.313 e. The van der Waals surface area contributed by atoms with Crippen LogP contribution in [-0.2, 0) is 0 Å². The Bertz CT molecular complexity index is 147. The van der Waals surface area contributed by atoms with Crippen molar-refractivity contribution in [3.05, 3.63) is 0 Å². The van der Waals surface area contributed by atoms with E-state index in [4.69, 9.17) is 0 Å². The summed E-state index contributed by atoms with van der Waals surface area (Å²) in [5.41, 5.74) is 0. The Morgan fingerprint density at radius 2 is 2.07 bits per heavy atom. The van der Waals surface area contributed by atoms with Gasteiger partial charge in [-0.3, -0.25) is 0 Å². The highest BCUT2D eigenvalue weighted by Gasteiger charge is 2.23. The summed E-state index contributed by atoms with van der Waals surface area (Å²) in [6.45, 7) is 8.14. The number of nitrogens with zero attached hydrogens (tertiary/aromatic N) is 1. The second-order valence-electron chi connectivity index (χ2n) is 4.72. The van der Waals surface area contributed by atoms with Gasteiger partial charge in [0.1, 0.15) is 0 Å². The van der Waals surface area contributed by atoms with E-state index >= 15 is 0 Å². The Morgan fingerprint density at radius 1 is 1.29 bits per heavy atom. The summed E-state index contributed by atoms with van der Waals surface area (Å²) in [7, 11) is 2.25. The highest BCUT2D eigenvalue weighted by molar-refractivity contribution is 4.81. The smallest absolute Gasteiger partial charge is 0.0197 e. The summed E-state index contributed by atoms with van der Waals surface area (Å²) in [5, 5.41) is 3.58. The first kappa shape index (κ1) is 12.0. The van der Waals surface area contributed by atoms with Gasteiger partial charge in [-0.1, -0.05) is 26.7 Å². The fourth-order valence-electron chi connectivity index (χ4n) is 2.58. The van der Waals surface area contributed by atoms with Crippen LogP contribution in [0.1, 0.15) is 39.5 Å². The number of rotatable bonds is 5. The second-order valence-corrected chi connectivity index (χ2v) is 4.72. The first-order chi connectivity index (χ1) is 6.76. The lowest BCUT2D eigenvalue weighted by atomic mass is 9.90. The third-order valence-corrected chi connectivity index (χ3v) is 3.18. The van der Waals surface area contributed by atoms with E-state index < -0.39 is 0 Å². The Hall–Kier alpha value is -0.0800. The molecule has 2 atom stereocenters. The average molecular weight is 198 g/mol. The van der Waals surface area contributed by atoms with Crippen LogP contribution in [0.4, 0.5) is 0 Å². The third kappa shape index (κ3) is 3.97. The lowest BCUT2D eigenvalue weighted by Gasteiger charge is -2.36. The molecule has 1 aliphatic rings. The predicted molar refractivity (Wildman–Crippen MR) is 62.6 cm³/mol. The number of hydrogen-bond donors (Lipinski definition) is 1. The summed E-state index contributed by atoms with van der Waals surface area (Å²) in [5.74, 6) is 0.928. The molecule has 2 unspecified atom stereocenters. The van der Waals surface area contributed by atoms with Crippen molar-refractivity contribution in [1.82, 2.24) is 10.2 Å². The number of likely N-dealkylation sites (tertiary alicyclic amines) is 1. The molecular formula is C12H26N2. The van der Waals surface area contributed by atoms with E-state index in [-0.39, 0.29) is 0 Å². The lowest BCUT2D eigenvalue weighted by Crippen LogP contribution is -2.47. The molecule has 1 fully saturated rings. The van der Waals surface area contributed by atoms with Gasteiger partial charge in [0.25, 0.3) is 0 Å². The first-order valence-corrected chi connectivity index (χ1v) is 6.18. The molecule has 0 aromatic heterocycles. The normalized spacial score (nSPS) is 29.4. The van der Waals surface area contributed by atoms with Crippen LogP contribution < -0.4 is 5.32 Å². The van der Waals surface area contributed by atoms with E-state index in [1.165, 1.54) is 38.8 Å². The topological polar surface area (TPSA) is 15.3 Å². The van der Waals surface area contributed by atoms with Crippen LogP contribution in [0.5, 0.6) is 0 Å². The number of unbranched alkanes of at least 4 members (excludes halogenated alkanes) is 1. The van der Waals surface area contributed by atoms with Crippen molar-refractivity contribution in [3.8, 4) is 0 Å². The Labute approximate surface area is 89.1 Å². The number of hydrogen-bond acceptors (Lipinski definition) is 2. The summed E-state index contributed by atoms with van der Waals surface area (Å²) in [4.78, 5) is 2.48. The molecule has 0 bridgehead atoms. The largest absolute Gasteiger partial charge is 0.313 e. The van der Waals surface area contributed by atoms with Gasteiger partial charge in [-0.15, -0.1) is 0 Å². The summed E-state index contributed by atoms with van der Waals surface area (Å²) < 4.78 is 0. The van der Waals surface area contributed by atoms with Gasteiger partial charge in [0.2, 0.25) is 0 Å². The molecule has 2 heteroatoms. The van der Waals surface area contributed by atoms with E-state index in [0.29, 0.717) is 0 Å². The maximum absolute atomic E-state index is 3.58. The van der Waals surface area contributed by atoms with E-state index in [2.05, 4.69) is 31.1 Å². The zero-order valence-corrected chi connectivity index (χ0v) is 10.1. The van der Waals surface area contributed by atoms with Crippen molar-refractivity contribution in [2.45, 2.75) is 45.6 Å². The van der Waals surface area contributed by atoms with Gasteiger partial charge < -0.3 is 10.2 Å². The molecule has 1 rings (SSSR count). The molecule has 1 N–H and O–H groups in total. The second kappa shape index (κ2) is 6.41. The summed E-state index contributed by atoms with van der Waals surface area (Å²) >= 11 is 0. The van der Waals surface area contributed by atoms with E-state index in [1.54, 1.807) is 0 Å². The molecule has 1 heterocycles. The van der Waals surface area contributed by atoms with Crippen LogP contribution >= 0.6 is 0 Å². The van der Waals surface area contributed by atoms with Crippen LogP contribution in [0.3, 0.4) is 0 Å². The minimum absolute atomic E-state index is 0.737. The van der Waals surface area contributed by atoms with Crippen LogP contribution in [0.2, 0.25) is 0 Å². The SMILES string of the molecule is CCCCC1CC(NCC)CN(C)C1. The molecule has 0 aliphatic carbocycles. The molecular weight excluding hydrogens is 172 g/mol. The quantitative estimate of drug-likeness (QED) is 0.728. The maximum Gasteiger partial charge on any atom is 0.0197 e. The number of likely N-dealkylation sites (N-methyl/N-ethyl adjacent to an activating group) is 2. The van der Waals surface area contributed by atoms with Gasteiger partial charge in [-0.2, -0.15) is 0 Å². The predicted octanol–water partition coefficient (Wildman–Crippen LogP) is 2.11. The third-order valence-electron chi connectivity index (χ3n) is 3.18. The fraction of sp³-hybridized carbons (Fsp3) is 1.00. The average Bonchev–Trinajstić information content (AvgIpc) is 2.14. The minimum atomic E-state index is 0.737. The van der Waals surface area contributed by atoms with Gasteiger partial charge in [0.05, 0.1) is 0 Å². The highest BCUT2D eigenvalue weighted by Crippen LogP contribution is 2.20. The molecule has 0 aromatic rings. The van der Waals surface area contributed by atoms with Gasteiger partial charge in [-0.25, -0.2) is 0 Å². The molecule has 0 saturated carbocycles. The molecule has 0 radical (unpaired) electrons. The van der Waals surface area contributed by atoms with Crippen molar-refractivity contribution in [2.75, 3.05) is 26.7 Å². The molecule has 0 amide bonds. The van der Waals surface area contributed by atoms with Crippen molar-refractivity contribution >= 4 is 0 Å². The zero-order valence-electron chi connectivity index (χ0n) is 10.1. The fourth-order valence-corrected chi connectivity index (χ4v) is 2.58. The molecule has 1 aliphatic heterocycles. The highest BCUT2D eigenvalue weighted by atomic mass is 15.1. The summed E-state index contributed by atoms with van der Waals surface area (Å²) in [6, 6.07) is 0.737. The monoisotopic (exact) mass is 198 g/mol. The van der Waals surface area contributed by atoms with Crippen molar-refractivity contribution in [1.29, 1.82) is 0 Å². The van der Waals surface area contributed by atoms with Crippen molar-refractivity contribution in [3.63, 3.8) is 0 Å². The summed E-state index contributed by atoms with van der Waals surface area (Å²) in [6.07, 6.45) is 5.55. The maximum atomic E-state index is 3.58. The molecule has 14 heavy (non-hydrogen) atoms. The zero-order chi connectivity index (χ0) is 10.4. The van der Waals surface area contributed by atoms with Crippen molar-refractivity contribution < 1.29 is 0 Å². The Kier molecular flexibility index (Phi) is 5.49. The number of nitrogens with one attached hydrogen (secondary N) is 1. The van der Waals surface area contributed by atoms with E-state index in [1.807, 2.05) is 0 Å². The lowest BCUT2D eigenvalue weighted by molar-refractivity contribution is 0.162. The van der Waals surface area contributed by atoms with E-state index in [9.17, 15) is 0 Å². The Morgan fingerprint density at radius 3 is 2.71 bits per heavy atom. The standard InChI is InChI=1S/C12H26N2/c1-4-6-7-11-8-12(13-5-2)10-14(3)9-11/h11-13H,4-10H2,1-3H3. The van der Waals surface area contributed by atoms with Crippen LogP contribution in [-0.4, -0.2) is 37.6 Å². The molecule has 0 spiro atoms. The number of piperidine rings is 1. The first-order valence-electron chi connectivity index (χ1n) is 6.18. The van der Waals surface area contributed by atoms with Crippen LogP contribution in [0.25, 0.3) is 0 Å². The van der Waals surface area contributed by atoms with Gasteiger partial charge in [0.15, 0.2) is 0 Å². The molecule has 84 valence electrons. The van der Waals surface area contributed by atoms with Crippen LogP contribution in [0, 0.1) is 5.92 Å². The molecule has 0 aromatic carbocycles. The molecule has 2 nitrogen and oxygen atoms in total. The van der Waals surface area contributed by atoms with Crippen LogP contribution in [0.15, 0.2) is 0 Å². The molecule has 1 saturated heterocycles. The van der Waals surface area contributed by atoms with Crippen molar-refractivity contribution in [2.24, 2.45) is 5.92 Å². The van der Waals surface area contributed by atoms with Gasteiger partial charge in [0, 0.05) is 19.1 Å². The van der Waals surface area contributed by atoms with E-state index in [0.717, 1.165) is 18.5 Å². The van der Waals surface area contributed by atoms with Gasteiger partial charge in [-0.05, 0) is 32.4 Å². The van der Waals surface area contributed by atoms with Gasteiger partial charge >= 0.3 is 0 Å². The Balaban J connectivity index is 2.29.